The number of anilines is 3. The smallest absolute Gasteiger partial charge is 0.269 e. The van der Waals surface area contributed by atoms with Crippen LogP contribution in [0.15, 0.2) is 16.6 Å². The second kappa shape index (κ2) is 6.17. The highest BCUT2D eigenvalue weighted by atomic mass is 79.9. The van der Waals surface area contributed by atoms with E-state index < -0.39 is 11.7 Å². The van der Waals surface area contributed by atoms with Crippen LogP contribution in [0.5, 0.6) is 0 Å². The molecule has 2 rings (SSSR count). The number of nitrogens with one attached hydrogen (secondary N) is 1. The van der Waals surface area contributed by atoms with Gasteiger partial charge in [-0.2, -0.15) is 0 Å². The van der Waals surface area contributed by atoms with Crippen molar-refractivity contribution in [2.75, 3.05) is 30.0 Å². The minimum Gasteiger partial charge on any atom is -0.382 e. The molecule has 0 aliphatic heterocycles. The van der Waals surface area contributed by atoms with Crippen LogP contribution in [0.4, 0.5) is 21.0 Å². The number of rotatable bonds is 3. The van der Waals surface area contributed by atoms with Crippen molar-refractivity contribution in [1.82, 2.24) is 4.98 Å². The Kier molecular flexibility index (Phi) is 4.70. The van der Waals surface area contributed by atoms with Crippen molar-refractivity contribution in [2.45, 2.75) is 0 Å². The van der Waals surface area contributed by atoms with E-state index in [0.29, 0.717) is 9.60 Å². The molecular formula is C12H11BrClFN4OS. The summed E-state index contributed by atoms with van der Waals surface area (Å²) in [5.41, 5.74) is 6.02. The fraction of sp³-hybridized carbons (Fsp3) is 0.167. The molecule has 0 radical (unpaired) electrons. The van der Waals surface area contributed by atoms with Crippen LogP contribution in [-0.2, 0) is 0 Å². The highest BCUT2D eigenvalue weighted by molar-refractivity contribution is 9.10. The number of benzene rings is 1. The first kappa shape index (κ1) is 16.0. The molecule has 2 aromatic rings. The van der Waals surface area contributed by atoms with E-state index in [1.165, 1.54) is 6.07 Å². The lowest BCUT2D eigenvalue weighted by atomic mass is 10.3. The third-order valence-corrected chi connectivity index (χ3v) is 4.64. The number of nitrogens with two attached hydrogens (primary N) is 1. The number of carbonyl (C=O) groups excluding carboxylic acids is 1. The third-order valence-electron chi connectivity index (χ3n) is 2.48. The molecule has 0 bridgehead atoms. The standard InChI is InChI=1S/C12H11BrClFN4OS/c1-19(2)12-18-10(16)9(21-12)11(20)17-8-6(13)3-5(15)4-7(8)14/h3-4H,16H2,1-2H3,(H,17,20). The van der Waals surface area contributed by atoms with Gasteiger partial charge in [0.1, 0.15) is 16.5 Å². The second-order valence-electron chi connectivity index (χ2n) is 4.30. The van der Waals surface area contributed by atoms with Crippen LogP contribution < -0.4 is 16.0 Å². The Morgan fingerprint density at radius 1 is 1.52 bits per heavy atom. The zero-order valence-corrected chi connectivity index (χ0v) is 14.2. The molecule has 0 saturated carbocycles. The van der Waals surface area contributed by atoms with Crippen LogP contribution in [0.3, 0.4) is 0 Å². The molecule has 0 saturated heterocycles. The Hall–Kier alpha value is -1.38. The summed E-state index contributed by atoms with van der Waals surface area (Å²) in [6.45, 7) is 0. The predicted molar refractivity (Wildman–Crippen MR) is 87.9 cm³/mol. The topological polar surface area (TPSA) is 71.2 Å². The highest BCUT2D eigenvalue weighted by Gasteiger charge is 2.19. The number of nitrogens with zero attached hydrogens (tertiary/aromatic N) is 2. The summed E-state index contributed by atoms with van der Waals surface area (Å²) in [7, 11) is 3.60. The van der Waals surface area contributed by atoms with Crippen LogP contribution >= 0.6 is 38.9 Å². The minimum absolute atomic E-state index is 0.0890. The van der Waals surface area contributed by atoms with Gasteiger partial charge in [-0.25, -0.2) is 9.37 Å². The van der Waals surface area contributed by atoms with E-state index in [1.54, 1.807) is 19.0 Å². The molecular weight excluding hydrogens is 383 g/mol. The number of thiazole rings is 1. The Balaban J connectivity index is 2.30. The summed E-state index contributed by atoms with van der Waals surface area (Å²) in [4.78, 5) is 18.4. The predicted octanol–water partition coefficient (Wildman–Crippen LogP) is 3.60. The summed E-state index contributed by atoms with van der Waals surface area (Å²) in [6, 6.07) is 2.33. The summed E-state index contributed by atoms with van der Waals surface area (Å²) >= 11 is 10.2. The Morgan fingerprint density at radius 3 is 2.71 bits per heavy atom. The number of amides is 1. The highest BCUT2D eigenvalue weighted by Crippen LogP contribution is 2.33. The Labute approximate surface area is 138 Å². The van der Waals surface area contributed by atoms with Gasteiger partial charge in [0.05, 0.1) is 10.7 Å². The normalized spacial score (nSPS) is 10.5. The van der Waals surface area contributed by atoms with Gasteiger partial charge in [0, 0.05) is 18.6 Å². The van der Waals surface area contributed by atoms with E-state index in [-0.39, 0.29) is 21.4 Å². The largest absolute Gasteiger partial charge is 0.382 e. The number of nitrogen functional groups attached to an aromatic ring is 1. The number of halogens is 3. The van der Waals surface area contributed by atoms with Gasteiger partial charge < -0.3 is 16.0 Å². The van der Waals surface area contributed by atoms with E-state index in [1.807, 2.05) is 0 Å². The fourth-order valence-corrected chi connectivity index (χ4v) is 3.21. The summed E-state index contributed by atoms with van der Waals surface area (Å²) in [5.74, 6) is -0.820. The van der Waals surface area contributed by atoms with Crippen LogP contribution in [0.1, 0.15) is 9.67 Å². The summed E-state index contributed by atoms with van der Waals surface area (Å²) in [6.07, 6.45) is 0. The van der Waals surface area contributed by atoms with Gasteiger partial charge in [-0.05, 0) is 28.1 Å². The van der Waals surface area contributed by atoms with Crippen LogP contribution in [0.2, 0.25) is 5.02 Å². The zero-order valence-electron chi connectivity index (χ0n) is 11.1. The van der Waals surface area contributed by atoms with E-state index in [2.05, 4.69) is 26.2 Å². The SMILES string of the molecule is CN(C)c1nc(N)c(C(=O)Nc2c(Cl)cc(F)cc2Br)s1. The first-order valence-corrected chi connectivity index (χ1v) is 7.68. The number of carbonyl (C=O) groups is 1. The first-order valence-electron chi connectivity index (χ1n) is 5.69. The average Bonchev–Trinajstić information content (AvgIpc) is 2.76. The monoisotopic (exact) mass is 392 g/mol. The van der Waals surface area contributed by atoms with E-state index in [0.717, 1.165) is 17.4 Å². The third kappa shape index (κ3) is 3.45. The van der Waals surface area contributed by atoms with Gasteiger partial charge in [-0.15, -0.1) is 0 Å². The van der Waals surface area contributed by atoms with Crippen molar-refractivity contribution in [3.63, 3.8) is 0 Å². The van der Waals surface area contributed by atoms with Gasteiger partial charge in [-0.1, -0.05) is 22.9 Å². The van der Waals surface area contributed by atoms with Crippen molar-refractivity contribution >= 4 is 61.4 Å². The molecule has 0 unspecified atom stereocenters. The molecule has 0 fully saturated rings. The van der Waals surface area contributed by atoms with Crippen molar-refractivity contribution < 1.29 is 9.18 Å². The van der Waals surface area contributed by atoms with Crippen molar-refractivity contribution in [3.8, 4) is 0 Å². The number of hydrogen-bond acceptors (Lipinski definition) is 5. The molecule has 1 aromatic carbocycles. The van der Waals surface area contributed by atoms with Crippen molar-refractivity contribution in [3.05, 3.63) is 32.3 Å². The van der Waals surface area contributed by atoms with Gasteiger partial charge in [0.15, 0.2) is 5.13 Å². The van der Waals surface area contributed by atoms with Crippen molar-refractivity contribution in [2.24, 2.45) is 0 Å². The molecule has 3 N–H and O–H groups in total. The quantitative estimate of drug-likeness (QED) is 0.836. The molecule has 5 nitrogen and oxygen atoms in total. The van der Waals surface area contributed by atoms with E-state index in [9.17, 15) is 9.18 Å². The van der Waals surface area contributed by atoms with E-state index in [4.69, 9.17) is 17.3 Å². The second-order valence-corrected chi connectivity index (χ2v) is 6.54. The molecule has 112 valence electrons. The first-order chi connectivity index (χ1) is 9.79. The maximum atomic E-state index is 13.2. The van der Waals surface area contributed by atoms with Crippen molar-refractivity contribution in [1.29, 1.82) is 0 Å². The minimum atomic E-state index is -0.503. The molecule has 1 heterocycles. The van der Waals surface area contributed by atoms with E-state index >= 15 is 0 Å². The van der Waals surface area contributed by atoms with Crippen LogP contribution in [0.25, 0.3) is 0 Å². The molecule has 1 aromatic heterocycles. The zero-order chi connectivity index (χ0) is 15.7. The molecule has 0 spiro atoms. The maximum absolute atomic E-state index is 13.2. The molecule has 0 aliphatic rings. The average molecular weight is 394 g/mol. The lowest BCUT2D eigenvalue weighted by Gasteiger charge is -2.09. The van der Waals surface area contributed by atoms with Crippen LogP contribution in [-0.4, -0.2) is 25.0 Å². The molecule has 21 heavy (non-hydrogen) atoms. The van der Waals surface area contributed by atoms with Gasteiger partial charge >= 0.3 is 0 Å². The Bertz CT molecular complexity index is 684. The molecule has 1 amide bonds. The number of aromatic nitrogens is 1. The lowest BCUT2D eigenvalue weighted by molar-refractivity contribution is 0.103. The number of hydrogen-bond donors (Lipinski definition) is 2. The fourth-order valence-electron chi connectivity index (χ4n) is 1.51. The Morgan fingerprint density at radius 2 is 2.19 bits per heavy atom. The van der Waals surface area contributed by atoms with Gasteiger partial charge in [0.2, 0.25) is 0 Å². The maximum Gasteiger partial charge on any atom is 0.269 e. The summed E-state index contributed by atoms with van der Waals surface area (Å²) in [5, 5.41) is 3.30. The van der Waals surface area contributed by atoms with Crippen LogP contribution in [0, 0.1) is 5.82 Å². The summed E-state index contributed by atoms with van der Waals surface area (Å²) < 4.78 is 13.5. The molecule has 0 atom stereocenters. The lowest BCUT2D eigenvalue weighted by Crippen LogP contribution is -2.13. The molecule has 0 aliphatic carbocycles. The molecule has 9 heteroatoms. The van der Waals surface area contributed by atoms with Gasteiger partial charge in [-0.3, -0.25) is 4.79 Å². The van der Waals surface area contributed by atoms with Gasteiger partial charge in [0.25, 0.3) is 5.91 Å².